The first-order valence-corrected chi connectivity index (χ1v) is 8.13. The molecule has 0 radical (unpaired) electrons. The summed E-state index contributed by atoms with van der Waals surface area (Å²) < 4.78 is 0. The van der Waals surface area contributed by atoms with Crippen LogP contribution >= 0.6 is 11.6 Å². The molecule has 0 aliphatic heterocycles. The summed E-state index contributed by atoms with van der Waals surface area (Å²) in [5, 5.41) is 6.17. The number of amides is 2. The summed E-state index contributed by atoms with van der Waals surface area (Å²) in [5.74, 6) is -0.656. The van der Waals surface area contributed by atoms with E-state index in [1.54, 1.807) is 19.9 Å². The molecule has 24 heavy (non-hydrogen) atoms. The van der Waals surface area contributed by atoms with Crippen molar-refractivity contribution >= 4 is 23.4 Å². The van der Waals surface area contributed by atoms with Crippen LogP contribution in [0.4, 0.5) is 0 Å². The molecule has 0 aliphatic rings. The lowest BCUT2D eigenvalue weighted by atomic mass is 9.91. The van der Waals surface area contributed by atoms with Crippen molar-refractivity contribution in [2.45, 2.75) is 26.9 Å². The van der Waals surface area contributed by atoms with E-state index in [-0.39, 0.29) is 18.4 Å². The molecule has 0 saturated heterocycles. The van der Waals surface area contributed by atoms with Crippen LogP contribution < -0.4 is 10.6 Å². The molecule has 4 nitrogen and oxygen atoms in total. The van der Waals surface area contributed by atoms with Crippen LogP contribution in [0.2, 0.25) is 5.02 Å². The van der Waals surface area contributed by atoms with E-state index in [9.17, 15) is 9.59 Å². The van der Waals surface area contributed by atoms with E-state index in [1.807, 2.05) is 48.5 Å². The number of nitrogens with one attached hydrogen (secondary N) is 2. The summed E-state index contributed by atoms with van der Waals surface area (Å²) in [4.78, 5) is 24.7. The Hall–Kier alpha value is -2.33. The molecule has 0 spiro atoms. The molecule has 2 aromatic carbocycles. The molecule has 0 heterocycles. The van der Waals surface area contributed by atoms with Crippen LogP contribution in [0, 0.1) is 5.41 Å². The average molecular weight is 345 g/mol. The van der Waals surface area contributed by atoms with Crippen molar-refractivity contribution in [3.05, 3.63) is 70.7 Å². The quantitative estimate of drug-likeness (QED) is 0.790. The smallest absolute Gasteiger partial charge is 0.235 e. The van der Waals surface area contributed by atoms with E-state index < -0.39 is 5.41 Å². The molecule has 0 bridgehead atoms. The highest BCUT2D eigenvalue weighted by Crippen LogP contribution is 2.18. The van der Waals surface area contributed by atoms with Crippen molar-refractivity contribution in [2.24, 2.45) is 5.41 Å². The van der Waals surface area contributed by atoms with Gasteiger partial charge in [0.25, 0.3) is 0 Å². The number of rotatable bonds is 6. The summed E-state index contributed by atoms with van der Waals surface area (Å²) in [6.07, 6.45) is 0. The number of carbonyl (C=O) groups is 2. The third-order valence-corrected chi connectivity index (χ3v) is 4.20. The lowest BCUT2D eigenvalue weighted by Gasteiger charge is -2.23. The number of benzene rings is 2. The fraction of sp³-hybridized carbons (Fsp3) is 0.263. The molecule has 0 aliphatic carbocycles. The maximum atomic E-state index is 12.4. The van der Waals surface area contributed by atoms with Gasteiger partial charge in [-0.25, -0.2) is 0 Å². The summed E-state index contributed by atoms with van der Waals surface area (Å²) in [5.41, 5.74) is 0.627. The van der Waals surface area contributed by atoms with Crippen LogP contribution in [-0.2, 0) is 22.7 Å². The Morgan fingerprint density at radius 2 is 1.42 bits per heavy atom. The zero-order valence-electron chi connectivity index (χ0n) is 13.8. The summed E-state index contributed by atoms with van der Waals surface area (Å²) >= 11 is 6.07. The van der Waals surface area contributed by atoms with Crippen LogP contribution in [0.25, 0.3) is 0 Å². The fourth-order valence-electron chi connectivity index (χ4n) is 2.14. The molecule has 2 N–H and O–H groups in total. The van der Waals surface area contributed by atoms with Gasteiger partial charge in [-0.3, -0.25) is 9.59 Å². The Bertz CT molecular complexity index is 714. The van der Waals surface area contributed by atoms with Gasteiger partial charge in [0.2, 0.25) is 11.8 Å². The molecule has 5 heteroatoms. The minimum atomic E-state index is -1.17. The first-order chi connectivity index (χ1) is 11.4. The Kier molecular flexibility index (Phi) is 5.99. The van der Waals surface area contributed by atoms with Gasteiger partial charge in [-0.15, -0.1) is 0 Å². The molecule has 2 rings (SSSR count). The second-order valence-corrected chi connectivity index (χ2v) is 6.47. The van der Waals surface area contributed by atoms with Gasteiger partial charge in [0.05, 0.1) is 0 Å². The van der Waals surface area contributed by atoms with Gasteiger partial charge in [0.15, 0.2) is 0 Å². The van der Waals surface area contributed by atoms with Crippen molar-refractivity contribution in [1.29, 1.82) is 0 Å². The van der Waals surface area contributed by atoms with Crippen LogP contribution in [0.1, 0.15) is 25.0 Å². The predicted molar refractivity (Wildman–Crippen MR) is 95.4 cm³/mol. The van der Waals surface area contributed by atoms with Crippen LogP contribution in [0.15, 0.2) is 54.6 Å². The monoisotopic (exact) mass is 344 g/mol. The van der Waals surface area contributed by atoms with Crippen molar-refractivity contribution in [3.8, 4) is 0 Å². The Balaban J connectivity index is 1.91. The summed E-state index contributed by atoms with van der Waals surface area (Å²) in [7, 11) is 0. The van der Waals surface area contributed by atoms with E-state index in [0.717, 1.165) is 11.1 Å². The fourth-order valence-corrected chi connectivity index (χ4v) is 2.34. The zero-order chi connectivity index (χ0) is 17.6. The standard InChI is InChI=1S/C19H21ClN2O2/c1-19(2,17(23)21-12-14-8-4-3-5-9-14)18(24)22-13-15-10-6-7-11-16(15)20/h3-11H,12-13H2,1-2H3,(H,21,23)(H,22,24). The van der Waals surface area contributed by atoms with Crippen molar-refractivity contribution in [2.75, 3.05) is 0 Å². The van der Waals surface area contributed by atoms with E-state index in [0.29, 0.717) is 11.6 Å². The number of hydrogen-bond donors (Lipinski definition) is 2. The topological polar surface area (TPSA) is 58.2 Å². The highest BCUT2D eigenvalue weighted by Gasteiger charge is 2.35. The Labute approximate surface area is 147 Å². The molecule has 0 saturated carbocycles. The van der Waals surface area contributed by atoms with Gasteiger partial charge in [-0.05, 0) is 31.0 Å². The largest absolute Gasteiger partial charge is 0.351 e. The van der Waals surface area contributed by atoms with Crippen molar-refractivity contribution < 1.29 is 9.59 Å². The molecule has 0 fully saturated rings. The maximum Gasteiger partial charge on any atom is 0.235 e. The summed E-state index contributed by atoms with van der Waals surface area (Å²) in [6.45, 7) is 3.89. The first kappa shape index (κ1) is 18.0. The van der Waals surface area contributed by atoms with Crippen molar-refractivity contribution in [1.82, 2.24) is 10.6 Å². The Morgan fingerprint density at radius 3 is 2.04 bits per heavy atom. The highest BCUT2D eigenvalue weighted by atomic mass is 35.5. The van der Waals surface area contributed by atoms with Gasteiger partial charge < -0.3 is 10.6 Å². The lowest BCUT2D eigenvalue weighted by molar-refractivity contribution is -0.141. The van der Waals surface area contributed by atoms with Crippen LogP contribution in [0.5, 0.6) is 0 Å². The maximum absolute atomic E-state index is 12.4. The van der Waals surface area contributed by atoms with Gasteiger partial charge >= 0.3 is 0 Å². The van der Waals surface area contributed by atoms with E-state index in [4.69, 9.17) is 11.6 Å². The zero-order valence-corrected chi connectivity index (χ0v) is 14.6. The first-order valence-electron chi connectivity index (χ1n) is 7.75. The molecule has 0 aromatic heterocycles. The third kappa shape index (κ3) is 4.59. The second kappa shape index (κ2) is 7.97. The predicted octanol–water partition coefficient (Wildman–Crippen LogP) is 3.30. The van der Waals surface area contributed by atoms with E-state index in [2.05, 4.69) is 10.6 Å². The van der Waals surface area contributed by atoms with Crippen molar-refractivity contribution in [3.63, 3.8) is 0 Å². The normalized spacial score (nSPS) is 11.0. The molecule has 126 valence electrons. The molecular formula is C19H21ClN2O2. The Morgan fingerprint density at radius 1 is 0.875 bits per heavy atom. The van der Waals surface area contributed by atoms with Gasteiger partial charge in [0.1, 0.15) is 5.41 Å². The number of hydrogen-bond acceptors (Lipinski definition) is 2. The number of carbonyl (C=O) groups excluding carboxylic acids is 2. The molecule has 2 amide bonds. The molecule has 0 unspecified atom stereocenters. The average Bonchev–Trinajstić information content (AvgIpc) is 2.59. The summed E-state index contributed by atoms with van der Waals surface area (Å²) in [6, 6.07) is 16.9. The van der Waals surface area contributed by atoms with Gasteiger partial charge in [-0.1, -0.05) is 60.1 Å². The minimum absolute atomic E-state index is 0.286. The van der Waals surface area contributed by atoms with Crippen LogP contribution in [-0.4, -0.2) is 11.8 Å². The van der Waals surface area contributed by atoms with Gasteiger partial charge in [-0.2, -0.15) is 0 Å². The second-order valence-electron chi connectivity index (χ2n) is 6.07. The van der Waals surface area contributed by atoms with E-state index in [1.165, 1.54) is 0 Å². The molecular weight excluding hydrogens is 324 g/mol. The van der Waals surface area contributed by atoms with E-state index >= 15 is 0 Å². The highest BCUT2D eigenvalue weighted by molar-refractivity contribution is 6.31. The SMILES string of the molecule is CC(C)(C(=O)NCc1ccccc1)C(=O)NCc1ccccc1Cl. The van der Waals surface area contributed by atoms with Gasteiger partial charge in [0, 0.05) is 18.1 Å². The minimum Gasteiger partial charge on any atom is -0.351 e. The van der Waals surface area contributed by atoms with Crippen LogP contribution in [0.3, 0.4) is 0 Å². The number of halogens is 1. The molecule has 2 aromatic rings. The lowest BCUT2D eigenvalue weighted by Crippen LogP contribution is -2.47. The molecule has 0 atom stereocenters. The third-order valence-electron chi connectivity index (χ3n) is 3.83.